The van der Waals surface area contributed by atoms with Gasteiger partial charge < -0.3 is 20.3 Å². The minimum Gasteiger partial charge on any atom is -0.481 e. The number of anilines is 1. The Morgan fingerprint density at radius 2 is 2.07 bits per heavy atom. The molecule has 0 bridgehead atoms. The van der Waals surface area contributed by atoms with Crippen molar-refractivity contribution in [3.8, 4) is 11.4 Å². The number of carboxylic acids is 1. The predicted octanol–water partition coefficient (Wildman–Crippen LogP) is 3.22. The molecule has 8 nitrogen and oxygen atoms in total. The Kier molecular flexibility index (Phi) is 5.40. The number of urea groups is 1. The van der Waals surface area contributed by atoms with Crippen molar-refractivity contribution in [3.05, 3.63) is 30.6 Å². The lowest BCUT2D eigenvalue weighted by Crippen LogP contribution is -2.57. The molecule has 1 aromatic heterocycles. The summed E-state index contributed by atoms with van der Waals surface area (Å²) in [7, 11) is 0. The van der Waals surface area contributed by atoms with E-state index in [-0.39, 0.29) is 29.3 Å². The third kappa shape index (κ3) is 3.58. The minimum absolute atomic E-state index is 0.109. The van der Waals surface area contributed by atoms with Gasteiger partial charge in [-0.3, -0.25) is 4.79 Å². The van der Waals surface area contributed by atoms with Crippen molar-refractivity contribution >= 4 is 17.7 Å². The molecular formula is C20H27N5O3. The summed E-state index contributed by atoms with van der Waals surface area (Å²) in [6, 6.07) is 6.98. The number of amides is 2. The standard InChI is InChI=1S/C20H27N5O3/c1-5-25-11-21-24-17(25)13-8-6-7-9-16(13)23-19(28)22-12(2)14-10-15(18(26)27)20(14,3)4/h6-9,11-12,14-15H,5,10H2,1-4H3,(H,26,27)(H2,22,23,28)/t12?,14-,15+/m0/s1. The molecule has 0 spiro atoms. The molecule has 1 heterocycles. The van der Waals surface area contributed by atoms with Crippen LogP contribution in [-0.4, -0.2) is 37.9 Å². The molecule has 28 heavy (non-hydrogen) atoms. The fraction of sp³-hybridized carbons (Fsp3) is 0.500. The van der Waals surface area contributed by atoms with Gasteiger partial charge in [-0.15, -0.1) is 10.2 Å². The zero-order chi connectivity index (χ0) is 20.5. The fourth-order valence-electron chi connectivity index (χ4n) is 4.17. The molecule has 1 fully saturated rings. The number of carboxylic acid groups (broad SMARTS) is 1. The molecule has 0 saturated heterocycles. The second-order valence-electron chi connectivity index (χ2n) is 7.93. The van der Waals surface area contributed by atoms with Crippen LogP contribution in [0.15, 0.2) is 30.6 Å². The van der Waals surface area contributed by atoms with Crippen LogP contribution in [-0.2, 0) is 11.3 Å². The van der Waals surface area contributed by atoms with Gasteiger partial charge in [0.15, 0.2) is 5.82 Å². The van der Waals surface area contributed by atoms with E-state index in [0.29, 0.717) is 17.9 Å². The van der Waals surface area contributed by atoms with E-state index in [4.69, 9.17) is 0 Å². The number of nitrogens with zero attached hydrogens (tertiary/aromatic N) is 3. The molecule has 8 heteroatoms. The second-order valence-corrected chi connectivity index (χ2v) is 7.93. The van der Waals surface area contributed by atoms with Crippen LogP contribution in [0.3, 0.4) is 0 Å². The Morgan fingerprint density at radius 3 is 2.71 bits per heavy atom. The second kappa shape index (κ2) is 7.61. The number of para-hydroxylation sites is 1. The molecule has 1 aliphatic carbocycles. The monoisotopic (exact) mass is 385 g/mol. The largest absolute Gasteiger partial charge is 0.481 e. The highest BCUT2D eigenvalue weighted by atomic mass is 16.4. The van der Waals surface area contributed by atoms with E-state index in [1.54, 1.807) is 6.33 Å². The Balaban J connectivity index is 1.69. The first-order valence-corrected chi connectivity index (χ1v) is 9.53. The lowest BCUT2D eigenvalue weighted by atomic mass is 9.53. The van der Waals surface area contributed by atoms with Crippen LogP contribution < -0.4 is 10.6 Å². The number of aryl methyl sites for hydroxylation is 1. The lowest BCUT2D eigenvalue weighted by molar-refractivity contribution is -0.160. The van der Waals surface area contributed by atoms with Crippen molar-refractivity contribution < 1.29 is 14.7 Å². The van der Waals surface area contributed by atoms with E-state index in [1.165, 1.54) is 0 Å². The highest BCUT2D eigenvalue weighted by Crippen LogP contribution is 2.52. The van der Waals surface area contributed by atoms with E-state index >= 15 is 0 Å². The van der Waals surface area contributed by atoms with Gasteiger partial charge in [0, 0.05) is 18.2 Å². The maximum absolute atomic E-state index is 12.6. The summed E-state index contributed by atoms with van der Waals surface area (Å²) in [6.07, 6.45) is 2.23. The summed E-state index contributed by atoms with van der Waals surface area (Å²) in [4.78, 5) is 23.9. The van der Waals surface area contributed by atoms with Crippen LogP contribution in [0.2, 0.25) is 0 Å². The first kappa shape index (κ1) is 19.9. The molecule has 2 amide bonds. The summed E-state index contributed by atoms with van der Waals surface area (Å²) in [5.41, 5.74) is 1.08. The van der Waals surface area contributed by atoms with Gasteiger partial charge in [-0.25, -0.2) is 4.79 Å². The van der Waals surface area contributed by atoms with Crippen LogP contribution >= 0.6 is 0 Å². The fourth-order valence-corrected chi connectivity index (χ4v) is 4.17. The van der Waals surface area contributed by atoms with Gasteiger partial charge in [0.25, 0.3) is 0 Å². The number of aliphatic carboxylic acids is 1. The Bertz CT molecular complexity index is 876. The van der Waals surface area contributed by atoms with Crippen LogP contribution in [0.25, 0.3) is 11.4 Å². The molecule has 150 valence electrons. The number of rotatable bonds is 6. The van der Waals surface area contributed by atoms with Gasteiger partial charge in [-0.1, -0.05) is 26.0 Å². The van der Waals surface area contributed by atoms with E-state index < -0.39 is 5.97 Å². The number of aromatic nitrogens is 3. The molecule has 0 aliphatic heterocycles. The van der Waals surface area contributed by atoms with Crippen molar-refractivity contribution in [1.82, 2.24) is 20.1 Å². The number of hydrogen-bond acceptors (Lipinski definition) is 4. The van der Waals surface area contributed by atoms with E-state index in [0.717, 1.165) is 12.1 Å². The van der Waals surface area contributed by atoms with Gasteiger partial charge in [-0.2, -0.15) is 0 Å². The molecule has 0 radical (unpaired) electrons. The summed E-state index contributed by atoms with van der Waals surface area (Å²) in [6.45, 7) is 8.54. The van der Waals surface area contributed by atoms with Crippen molar-refractivity contribution in [2.75, 3.05) is 5.32 Å². The quantitative estimate of drug-likeness (QED) is 0.707. The number of carbonyl (C=O) groups is 2. The lowest BCUT2D eigenvalue weighted by Gasteiger charge is -2.52. The molecular weight excluding hydrogens is 358 g/mol. The molecule has 1 aliphatic rings. The summed E-state index contributed by atoms with van der Waals surface area (Å²) in [5.74, 6) is -0.341. The first-order valence-electron chi connectivity index (χ1n) is 9.53. The smallest absolute Gasteiger partial charge is 0.319 e. The van der Waals surface area contributed by atoms with E-state index in [2.05, 4.69) is 20.8 Å². The van der Waals surface area contributed by atoms with Gasteiger partial charge in [0.1, 0.15) is 6.33 Å². The Labute approximate surface area is 164 Å². The SMILES string of the molecule is CCn1cnnc1-c1ccccc1NC(=O)NC(C)[C@@H]1C[C@H](C(=O)O)C1(C)C. The molecule has 2 aromatic rings. The number of carbonyl (C=O) groups excluding carboxylic acids is 1. The predicted molar refractivity (Wildman–Crippen MR) is 106 cm³/mol. The molecule has 3 N–H and O–H groups in total. The topological polar surface area (TPSA) is 109 Å². The van der Waals surface area contributed by atoms with Crippen molar-refractivity contribution in [3.63, 3.8) is 0 Å². The average Bonchev–Trinajstić information content (AvgIpc) is 3.09. The molecule has 1 saturated carbocycles. The number of hydrogen-bond donors (Lipinski definition) is 3. The maximum atomic E-state index is 12.6. The van der Waals surface area contributed by atoms with Gasteiger partial charge >= 0.3 is 12.0 Å². The van der Waals surface area contributed by atoms with Crippen LogP contribution in [0, 0.1) is 17.3 Å². The molecule has 1 unspecified atom stereocenters. The van der Waals surface area contributed by atoms with Gasteiger partial charge in [0.2, 0.25) is 0 Å². The maximum Gasteiger partial charge on any atom is 0.319 e. The number of nitrogens with one attached hydrogen (secondary N) is 2. The average molecular weight is 385 g/mol. The van der Waals surface area contributed by atoms with Crippen molar-refractivity contribution in [1.29, 1.82) is 0 Å². The van der Waals surface area contributed by atoms with Gasteiger partial charge in [0.05, 0.1) is 11.6 Å². The zero-order valence-electron chi connectivity index (χ0n) is 16.6. The normalized spacial score (nSPS) is 21.4. The van der Waals surface area contributed by atoms with Crippen LogP contribution in [0.1, 0.15) is 34.1 Å². The van der Waals surface area contributed by atoms with Crippen molar-refractivity contribution in [2.45, 2.75) is 46.7 Å². The number of benzene rings is 1. The third-order valence-corrected chi connectivity index (χ3v) is 5.98. The highest BCUT2D eigenvalue weighted by molar-refractivity contribution is 5.93. The van der Waals surface area contributed by atoms with Crippen LogP contribution in [0.4, 0.5) is 10.5 Å². The van der Waals surface area contributed by atoms with Crippen LogP contribution in [0.5, 0.6) is 0 Å². The summed E-state index contributed by atoms with van der Waals surface area (Å²) >= 11 is 0. The molecule has 3 atom stereocenters. The summed E-state index contributed by atoms with van der Waals surface area (Å²) in [5, 5.41) is 23.3. The third-order valence-electron chi connectivity index (χ3n) is 5.98. The minimum atomic E-state index is -0.771. The van der Waals surface area contributed by atoms with E-state index in [1.807, 2.05) is 56.5 Å². The zero-order valence-corrected chi connectivity index (χ0v) is 16.6. The highest BCUT2D eigenvalue weighted by Gasteiger charge is 2.53. The van der Waals surface area contributed by atoms with Crippen molar-refractivity contribution in [2.24, 2.45) is 17.3 Å². The first-order chi connectivity index (χ1) is 13.3. The van der Waals surface area contributed by atoms with Gasteiger partial charge in [-0.05, 0) is 43.7 Å². The summed E-state index contributed by atoms with van der Waals surface area (Å²) < 4.78 is 1.91. The molecule has 3 rings (SSSR count). The molecule has 1 aromatic carbocycles. The Hall–Kier alpha value is -2.90. The van der Waals surface area contributed by atoms with E-state index in [9.17, 15) is 14.7 Å². The Morgan fingerprint density at radius 1 is 1.36 bits per heavy atom.